The number of carbonyl (C=O) groups excluding carboxylic acids is 2. The molecule has 2 N–H and O–H groups in total. The summed E-state index contributed by atoms with van der Waals surface area (Å²) in [7, 11) is 0. The first-order valence-corrected chi connectivity index (χ1v) is 10.9. The summed E-state index contributed by atoms with van der Waals surface area (Å²) in [6.07, 6.45) is 2.92. The molecule has 0 aliphatic heterocycles. The van der Waals surface area contributed by atoms with Crippen LogP contribution in [0.15, 0.2) is 84.9 Å². The number of carbonyl (C=O) groups is 2. The molecule has 4 rings (SSSR count). The lowest BCUT2D eigenvalue weighted by molar-refractivity contribution is -0.122. The van der Waals surface area contributed by atoms with Crippen molar-refractivity contribution < 1.29 is 9.59 Å². The van der Waals surface area contributed by atoms with Gasteiger partial charge in [0.05, 0.1) is 23.0 Å². The number of hydrogen-bond acceptors (Lipinski definition) is 2. The number of amides is 2. The van der Waals surface area contributed by atoms with E-state index in [-0.39, 0.29) is 23.8 Å². The van der Waals surface area contributed by atoms with Gasteiger partial charge in [-0.15, -0.1) is 0 Å². The fraction of sp³-hybridized carbons (Fsp3) is 0.231. The molecule has 0 radical (unpaired) electrons. The summed E-state index contributed by atoms with van der Waals surface area (Å²) in [6, 6.07) is 26.2. The molecule has 3 aromatic rings. The van der Waals surface area contributed by atoms with Crippen LogP contribution in [0.3, 0.4) is 0 Å². The summed E-state index contributed by atoms with van der Waals surface area (Å²) in [5.74, 6) is -0.362. The summed E-state index contributed by atoms with van der Waals surface area (Å²) in [5, 5.41) is 6.60. The predicted molar refractivity (Wildman–Crippen MR) is 123 cm³/mol. The maximum absolute atomic E-state index is 13.0. The highest BCUT2D eigenvalue weighted by Crippen LogP contribution is 2.39. The van der Waals surface area contributed by atoms with Gasteiger partial charge in [0.2, 0.25) is 5.91 Å². The van der Waals surface area contributed by atoms with Crippen LogP contribution in [0.1, 0.15) is 46.8 Å². The molecular formula is C26H25ClN2O2. The molecule has 3 aromatic carbocycles. The van der Waals surface area contributed by atoms with Gasteiger partial charge in [-0.1, -0.05) is 84.4 Å². The van der Waals surface area contributed by atoms with Gasteiger partial charge in [0.25, 0.3) is 5.91 Å². The molecule has 1 saturated carbocycles. The molecule has 0 heterocycles. The second-order valence-electron chi connectivity index (χ2n) is 8.11. The van der Waals surface area contributed by atoms with E-state index in [4.69, 9.17) is 11.6 Å². The first kappa shape index (κ1) is 21.1. The van der Waals surface area contributed by atoms with Gasteiger partial charge in [-0.25, -0.2) is 0 Å². The van der Waals surface area contributed by atoms with E-state index < -0.39 is 6.04 Å². The van der Waals surface area contributed by atoms with Crippen molar-refractivity contribution >= 4 is 23.4 Å². The summed E-state index contributed by atoms with van der Waals surface area (Å²) in [4.78, 5) is 25.8. The van der Waals surface area contributed by atoms with Crippen LogP contribution in [0.4, 0.5) is 0 Å². The predicted octanol–water partition coefficient (Wildman–Crippen LogP) is 5.09. The van der Waals surface area contributed by atoms with Gasteiger partial charge in [0.1, 0.15) is 0 Å². The second kappa shape index (κ2) is 9.36. The average molecular weight is 433 g/mol. The van der Waals surface area contributed by atoms with Crippen LogP contribution in [0, 0.1) is 0 Å². The Morgan fingerprint density at radius 3 is 2.13 bits per heavy atom. The van der Waals surface area contributed by atoms with Crippen molar-refractivity contribution in [3.05, 3.63) is 107 Å². The summed E-state index contributed by atoms with van der Waals surface area (Å²) >= 11 is 6.19. The minimum absolute atomic E-state index is 0.0678. The van der Waals surface area contributed by atoms with E-state index in [0.29, 0.717) is 10.6 Å². The minimum atomic E-state index is -0.447. The van der Waals surface area contributed by atoms with Crippen LogP contribution < -0.4 is 10.6 Å². The fourth-order valence-corrected chi connectivity index (χ4v) is 4.06. The molecule has 0 saturated heterocycles. The van der Waals surface area contributed by atoms with E-state index in [0.717, 1.165) is 24.8 Å². The molecule has 1 aliphatic rings. The molecule has 0 aromatic heterocycles. The zero-order valence-electron chi connectivity index (χ0n) is 17.2. The largest absolute Gasteiger partial charge is 0.350 e. The molecule has 5 heteroatoms. The van der Waals surface area contributed by atoms with Crippen LogP contribution in [0.25, 0.3) is 0 Å². The number of benzene rings is 3. The Morgan fingerprint density at radius 2 is 1.48 bits per heavy atom. The van der Waals surface area contributed by atoms with Gasteiger partial charge in [-0.05, 0) is 42.5 Å². The highest BCUT2D eigenvalue weighted by Gasteiger charge is 2.44. The maximum atomic E-state index is 13.0. The highest BCUT2D eigenvalue weighted by molar-refractivity contribution is 6.33. The number of hydrogen-bond donors (Lipinski definition) is 2. The van der Waals surface area contributed by atoms with Crippen LogP contribution in [-0.2, 0) is 11.2 Å². The quantitative estimate of drug-likeness (QED) is 0.520. The lowest BCUT2D eigenvalue weighted by Gasteiger charge is -2.22. The summed E-state index contributed by atoms with van der Waals surface area (Å²) in [6.45, 7) is 0. The highest BCUT2D eigenvalue weighted by atomic mass is 35.5. The Hall–Kier alpha value is -3.11. The van der Waals surface area contributed by atoms with Gasteiger partial charge < -0.3 is 10.6 Å². The first-order valence-electron chi connectivity index (χ1n) is 10.5. The van der Waals surface area contributed by atoms with Crippen molar-refractivity contribution in [3.63, 3.8) is 0 Å². The fourth-order valence-electron chi connectivity index (χ4n) is 3.83. The molecular weight excluding hydrogens is 408 g/mol. The maximum Gasteiger partial charge on any atom is 0.253 e. The molecule has 31 heavy (non-hydrogen) atoms. The van der Waals surface area contributed by atoms with Crippen molar-refractivity contribution in [2.75, 3.05) is 0 Å². The van der Waals surface area contributed by atoms with Gasteiger partial charge in [-0.2, -0.15) is 0 Å². The van der Waals surface area contributed by atoms with E-state index in [2.05, 4.69) is 22.8 Å². The van der Waals surface area contributed by atoms with E-state index in [1.165, 1.54) is 5.56 Å². The van der Waals surface area contributed by atoms with Crippen LogP contribution in [-0.4, -0.2) is 17.4 Å². The van der Waals surface area contributed by atoms with Crippen molar-refractivity contribution in [3.8, 4) is 0 Å². The molecule has 1 atom stereocenters. The Labute approximate surface area is 187 Å². The number of halogens is 1. The lowest BCUT2D eigenvalue weighted by atomic mass is 10.0. The Kier molecular flexibility index (Phi) is 6.38. The third-order valence-electron chi connectivity index (χ3n) is 5.66. The molecule has 0 bridgehead atoms. The third-order valence-corrected chi connectivity index (χ3v) is 5.99. The van der Waals surface area contributed by atoms with Gasteiger partial charge >= 0.3 is 0 Å². The SMILES string of the molecule is O=C(CC(NC(=O)c1ccccc1Cl)c1ccccc1)NC1(Cc2ccccc2)CC1. The van der Waals surface area contributed by atoms with Crippen LogP contribution >= 0.6 is 11.6 Å². The Morgan fingerprint density at radius 1 is 0.871 bits per heavy atom. The normalized spacial score (nSPS) is 15.0. The Bertz CT molecular complexity index is 1050. The van der Waals surface area contributed by atoms with E-state index >= 15 is 0 Å². The van der Waals surface area contributed by atoms with E-state index in [1.54, 1.807) is 24.3 Å². The molecule has 1 fully saturated rings. The topological polar surface area (TPSA) is 58.2 Å². The first-order chi connectivity index (χ1) is 15.0. The van der Waals surface area contributed by atoms with Gasteiger partial charge in [0.15, 0.2) is 0 Å². The van der Waals surface area contributed by atoms with Gasteiger partial charge in [-0.3, -0.25) is 9.59 Å². The molecule has 158 valence electrons. The molecule has 0 spiro atoms. The lowest BCUT2D eigenvalue weighted by Crippen LogP contribution is -2.41. The zero-order valence-corrected chi connectivity index (χ0v) is 17.9. The number of nitrogens with one attached hydrogen (secondary N) is 2. The van der Waals surface area contributed by atoms with Gasteiger partial charge in [0, 0.05) is 5.54 Å². The monoisotopic (exact) mass is 432 g/mol. The Balaban J connectivity index is 1.46. The van der Waals surface area contributed by atoms with Crippen LogP contribution in [0.2, 0.25) is 5.02 Å². The smallest absolute Gasteiger partial charge is 0.253 e. The standard InChI is InChI=1S/C26H25ClN2O2/c27-22-14-8-7-13-21(22)25(31)28-23(20-11-5-2-6-12-20)17-24(30)29-26(15-16-26)18-19-9-3-1-4-10-19/h1-14,23H,15-18H2,(H,28,31)(H,29,30). The number of rotatable bonds is 8. The average Bonchev–Trinajstić information content (AvgIpc) is 3.53. The van der Waals surface area contributed by atoms with E-state index in [1.807, 2.05) is 48.5 Å². The molecule has 1 aliphatic carbocycles. The summed E-state index contributed by atoms with van der Waals surface area (Å²) < 4.78 is 0. The summed E-state index contributed by atoms with van der Waals surface area (Å²) in [5.41, 5.74) is 2.32. The van der Waals surface area contributed by atoms with Crippen LogP contribution in [0.5, 0.6) is 0 Å². The third kappa shape index (κ3) is 5.53. The molecule has 4 nitrogen and oxygen atoms in total. The van der Waals surface area contributed by atoms with Crippen molar-refractivity contribution in [1.82, 2.24) is 10.6 Å². The molecule has 1 unspecified atom stereocenters. The van der Waals surface area contributed by atoms with Crippen molar-refractivity contribution in [2.24, 2.45) is 0 Å². The molecule has 2 amide bonds. The van der Waals surface area contributed by atoms with Crippen molar-refractivity contribution in [2.45, 2.75) is 37.3 Å². The minimum Gasteiger partial charge on any atom is -0.350 e. The van der Waals surface area contributed by atoms with Crippen molar-refractivity contribution in [1.29, 1.82) is 0 Å². The van der Waals surface area contributed by atoms with E-state index in [9.17, 15) is 9.59 Å². The zero-order chi connectivity index (χ0) is 21.7. The second-order valence-corrected chi connectivity index (χ2v) is 8.52.